The zero-order chi connectivity index (χ0) is 19.5. The van der Waals surface area contributed by atoms with Gasteiger partial charge in [-0.25, -0.2) is 0 Å². The summed E-state index contributed by atoms with van der Waals surface area (Å²) in [4.78, 5) is 12.3. The van der Waals surface area contributed by atoms with Crippen molar-refractivity contribution in [3.8, 4) is 11.5 Å². The van der Waals surface area contributed by atoms with Crippen LogP contribution in [0.15, 0.2) is 84.9 Å². The molecule has 0 unspecified atom stereocenters. The minimum atomic E-state index is -0.144. The third-order valence-corrected chi connectivity index (χ3v) is 4.65. The van der Waals surface area contributed by atoms with Gasteiger partial charge in [0.2, 0.25) is 0 Å². The topological polar surface area (TPSA) is 57.5 Å². The molecular formula is C25H18O3. The third-order valence-electron chi connectivity index (χ3n) is 4.65. The highest BCUT2D eigenvalue weighted by Crippen LogP contribution is 2.25. The standard InChI is InChI=1S/C25H18O3/c26-21(11-7-17-3-1-5-19-9-13-22(27)15-24(17)19)12-8-18-4-2-6-20-10-14-23(28)16-25(18)20/h1-16,27-28H/b11-7+,12-8+. The first-order chi connectivity index (χ1) is 13.6. The SMILES string of the molecule is O=C(/C=C/c1cccc2ccc(O)cc12)/C=C/c1cccc2ccc(O)cc12. The molecule has 0 radical (unpaired) electrons. The lowest BCUT2D eigenvalue weighted by Gasteiger charge is -2.03. The fourth-order valence-electron chi connectivity index (χ4n) is 3.26. The molecule has 0 saturated heterocycles. The number of hydrogen-bond donors (Lipinski definition) is 2. The van der Waals surface area contributed by atoms with Crippen molar-refractivity contribution in [3.63, 3.8) is 0 Å². The van der Waals surface area contributed by atoms with E-state index < -0.39 is 0 Å². The molecule has 2 N–H and O–H groups in total. The lowest BCUT2D eigenvalue weighted by atomic mass is 10.0. The molecular weight excluding hydrogens is 348 g/mol. The molecule has 0 saturated carbocycles. The predicted molar refractivity (Wildman–Crippen MR) is 114 cm³/mol. The highest BCUT2D eigenvalue weighted by Gasteiger charge is 2.02. The molecule has 0 aliphatic rings. The van der Waals surface area contributed by atoms with E-state index in [0.717, 1.165) is 32.7 Å². The van der Waals surface area contributed by atoms with Gasteiger partial charge in [0.05, 0.1) is 0 Å². The first-order valence-corrected chi connectivity index (χ1v) is 8.94. The van der Waals surface area contributed by atoms with Crippen molar-refractivity contribution < 1.29 is 15.0 Å². The maximum atomic E-state index is 12.3. The molecule has 0 heterocycles. The number of hydrogen-bond acceptors (Lipinski definition) is 3. The number of phenolic OH excluding ortho intramolecular Hbond substituents is 2. The Balaban J connectivity index is 1.60. The summed E-state index contributed by atoms with van der Waals surface area (Å²) in [6, 6.07) is 21.9. The summed E-state index contributed by atoms with van der Waals surface area (Å²) in [5.41, 5.74) is 1.73. The second-order valence-electron chi connectivity index (χ2n) is 6.57. The Hall–Kier alpha value is -3.85. The number of carbonyl (C=O) groups is 1. The van der Waals surface area contributed by atoms with Crippen LogP contribution in [0.4, 0.5) is 0 Å². The highest BCUT2D eigenvalue weighted by molar-refractivity contribution is 6.07. The summed E-state index contributed by atoms with van der Waals surface area (Å²) < 4.78 is 0. The molecule has 0 aromatic heterocycles. The highest BCUT2D eigenvalue weighted by atomic mass is 16.3. The number of ketones is 1. The summed E-state index contributed by atoms with van der Waals surface area (Å²) >= 11 is 0. The van der Waals surface area contributed by atoms with Crippen LogP contribution in [0.3, 0.4) is 0 Å². The van der Waals surface area contributed by atoms with Crippen LogP contribution < -0.4 is 0 Å². The van der Waals surface area contributed by atoms with Gasteiger partial charge in [-0.2, -0.15) is 0 Å². The van der Waals surface area contributed by atoms with Gasteiger partial charge in [0.15, 0.2) is 5.78 Å². The number of fused-ring (bicyclic) bond motifs is 2. The van der Waals surface area contributed by atoms with Gasteiger partial charge in [-0.15, -0.1) is 0 Å². The van der Waals surface area contributed by atoms with Crippen LogP contribution in [-0.2, 0) is 4.79 Å². The maximum absolute atomic E-state index is 12.3. The second kappa shape index (κ2) is 7.41. The van der Waals surface area contributed by atoms with Crippen LogP contribution in [0.25, 0.3) is 33.7 Å². The van der Waals surface area contributed by atoms with E-state index in [-0.39, 0.29) is 17.3 Å². The average Bonchev–Trinajstić information content (AvgIpc) is 2.70. The van der Waals surface area contributed by atoms with Gasteiger partial charge in [0, 0.05) is 0 Å². The van der Waals surface area contributed by atoms with E-state index in [9.17, 15) is 15.0 Å². The van der Waals surface area contributed by atoms with Crippen molar-refractivity contribution in [3.05, 3.63) is 96.1 Å². The zero-order valence-corrected chi connectivity index (χ0v) is 15.0. The Morgan fingerprint density at radius 3 is 1.57 bits per heavy atom. The van der Waals surface area contributed by atoms with Crippen molar-refractivity contribution in [2.24, 2.45) is 0 Å². The van der Waals surface area contributed by atoms with Crippen molar-refractivity contribution in [1.82, 2.24) is 0 Å². The summed E-state index contributed by atoms with van der Waals surface area (Å²) in [5, 5.41) is 23.2. The van der Waals surface area contributed by atoms with Crippen molar-refractivity contribution >= 4 is 39.5 Å². The van der Waals surface area contributed by atoms with Crippen LogP contribution in [0, 0.1) is 0 Å². The van der Waals surface area contributed by atoms with Crippen molar-refractivity contribution in [2.75, 3.05) is 0 Å². The number of aromatic hydroxyl groups is 2. The number of phenols is 2. The number of allylic oxidation sites excluding steroid dienone is 2. The van der Waals surface area contributed by atoms with Gasteiger partial charge in [-0.1, -0.05) is 60.7 Å². The largest absolute Gasteiger partial charge is 0.508 e. The molecule has 4 aromatic rings. The Kier molecular flexibility index (Phi) is 4.65. The van der Waals surface area contributed by atoms with Gasteiger partial charge < -0.3 is 10.2 Å². The molecule has 136 valence electrons. The molecule has 3 heteroatoms. The lowest BCUT2D eigenvalue weighted by Crippen LogP contribution is -1.86. The van der Waals surface area contributed by atoms with E-state index in [1.165, 1.54) is 12.2 Å². The van der Waals surface area contributed by atoms with E-state index >= 15 is 0 Å². The molecule has 28 heavy (non-hydrogen) atoms. The lowest BCUT2D eigenvalue weighted by molar-refractivity contribution is -0.110. The van der Waals surface area contributed by atoms with Gasteiger partial charge in [0.25, 0.3) is 0 Å². The molecule has 0 atom stereocenters. The molecule has 0 spiro atoms. The average molecular weight is 366 g/mol. The zero-order valence-electron chi connectivity index (χ0n) is 15.0. The summed E-state index contributed by atoms with van der Waals surface area (Å²) in [5.74, 6) is 0.242. The molecule has 0 fully saturated rings. The van der Waals surface area contributed by atoms with E-state index in [2.05, 4.69) is 0 Å². The van der Waals surface area contributed by atoms with Gasteiger partial charge in [0.1, 0.15) is 11.5 Å². The fourth-order valence-corrected chi connectivity index (χ4v) is 3.26. The maximum Gasteiger partial charge on any atom is 0.178 e. The van der Waals surface area contributed by atoms with Crippen LogP contribution >= 0.6 is 0 Å². The molecule has 0 bridgehead atoms. The second-order valence-corrected chi connectivity index (χ2v) is 6.57. The first-order valence-electron chi connectivity index (χ1n) is 8.94. The first kappa shape index (κ1) is 17.6. The monoisotopic (exact) mass is 366 g/mol. The van der Waals surface area contributed by atoms with E-state index in [4.69, 9.17) is 0 Å². The van der Waals surface area contributed by atoms with Gasteiger partial charge in [-0.3, -0.25) is 4.79 Å². The predicted octanol–water partition coefficient (Wildman–Crippen LogP) is 5.70. The van der Waals surface area contributed by atoms with Crippen molar-refractivity contribution in [1.29, 1.82) is 0 Å². The smallest absolute Gasteiger partial charge is 0.178 e. The van der Waals surface area contributed by atoms with Gasteiger partial charge in [-0.05, 0) is 69.1 Å². The van der Waals surface area contributed by atoms with Crippen LogP contribution in [0.5, 0.6) is 11.5 Å². The Morgan fingerprint density at radius 1 is 0.643 bits per heavy atom. The Bertz CT molecular complexity index is 1150. The minimum Gasteiger partial charge on any atom is -0.508 e. The van der Waals surface area contributed by atoms with E-state index in [1.54, 1.807) is 36.4 Å². The molecule has 0 amide bonds. The number of benzene rings is 4. The summed E-state index contributed by atoms with van der Waals surface area (Å²) in [6.45, 7) is 0. The summed E-state index contributed by atoms with van der Waals surface area (Å²) in [6.07, 6.45) is 6.53. The number of carbonyl (C=O) groups excluding carboxylic acids is 1. The van der Waals surface area contributed by atoms with Crippen molar-refractivity contribution in [2.45, 2.75) is 0 Å². The molecule has 0 aliphatic carbocycles. The quantitative estimate of drug-likeness (QED) is 0.456. The van der Waals surface area contributed by atoms with Crippen LogP contribution in [0.2, 0.25) is 0 Å². The molecule has 4 rings (SSSR count). The molecule has 4 aromatic carbocycles. The number of rotatable bonds is 4. The summed E-state index contributed by atoms with van der Waals surface area (Å²) in [7, 11) is 0. The third kappa shape index (κ3) is 3.64. The minimum absolute atomic E-state index is 0.144. The Morgan fingerprint density at radius 2 is 1.11 bits per heavy atom. The van der Waals surface area contributed by atoms with Crippen LogP contribution in [0.1, 0.15) is 11.1 Å². The Labute approximate surface area is 162 Å². The van der Waals surface area contributed by atoms with E-state index in [0.29, 0.717) is 0 Å². The van der Waals surface area contributed by atoms with E-state index in [1.807, 2.05) is 48.5 Å². The van der Waals surface area contributed by atoms with Gasteiger partial charge >= 0.3 is 0 Å². The fraction of sp³-hybridized carbons (Fsp3) is 0. The molecule has 3 nitrogen and oxygen atoms in total. The normalized spacial score (nSPS) is 11.7. The van der Waals surface area contributed by atoms with Crippen LogP contribution in [-0.4, -0.2) is 16.0 Å². The molecule has 0 aliphatic heterocycles.